The van der Waals surface area contributed by atoms with Crippen molar-refractivity contribution in [2.24, 2.45) is 0 Å². The Balaban J connectivity index is 1.36. The maximum absolute atomic E-state index is 12.9. The standard InChI is InChI=1S/C23H21N3O8S/c1-32-17-13-35-22-19(24-18(27)12-33-16-5-3-2-4-6-16)21(28)25(22)20(17)23(29)34-11-14-7-9-15(10-8-14)26(30)31/h2-10,13,19-20,22H,11-12H2,1H3,(H,24,27)/t19-,20?,22-/m1/s1. The van der Waals surface area contributed by atoms with Crippen molar-refractivity contribution < 1.29 is 33.5 Å². The molecule has 0 bridgehead atoms. The molecule has 0 spiro atoms. The Labute approximate surface area is 204 Å². The molecule has 2 aromatic carbocycles. The van der Waals surface area contributed by atoms with Gasteiger partial charge in [0.15, 0.2) is 12.6 Å². The van der Waals surface area contributed by atoms with E-state index in [1.807, 2.05) is 6.07 Å². The average Bonchev–Trinajstić information content (AvgIpc) is 2.88. The van der Waals surface area contributed by atoms with Gasteiger partial charge in [-0.25, -0.2) is 4.79 Å². The number of β-lactam (4-membered cyclic amide) rings is 1. The molecule has 11 nitrogen and oxygen atoms in total. The SMILES string of the molecule is COC1=CS[C@@H]2[C@H](NC(=O)COc3ccccc3)C(=O)N2C1C(=O)OCc1ccc([N+](=O)[O-])cc1. The summed E-state index contributed by atoms with van der Waals surface area (Å²) in [6, 6.07) is 12.5. The number of non-ortho nitro benzene ring substituents is 1. The van der Waals surface area contributed by atoms with Gasteiger partial charge < -0.3 is 24.4 Å². The van der Waals surface area contributed by atoms with Gasteiger partial charge in [0.2, 0.25) is 5.91 Å². The molecule has 182 valence electrons. The number of para-hydroxylation sites is 1. The second-order valence-corrected chi connectivity index (χ2v) is 8.57. The fourth-order valence-corrected chi connectivity index (χ4v) is 4.79. The number of benzene rings is 2. The number of hydrogen-bond donors (Lipinski definition) is 1. The highest BCUT2D eigenvalue weighted by molar-refractivity contribution is 8.02. The Kier molecular flexibility index (Phi) is 7.20. The van der Waals surface area contributed by atoms with Crippen molar-refractivity contribution in [3.05, 3.63) is 81.4 Å². The van der Waals surface area contributed by atoms with Gasteiger partial charge >= 0.3 is 5.97 Å². The van der Waals surface area contributed by atoms with Crippen molar-refractivity contribution >= 4 is 35.2 Å². The molecule has 35 heavy (non-hydrogen) atoms. The van der Waals surface area contributed by atoms with Crippen LogP contribution in [-0.4, -0.2) is 58.8 Å². The van der Waals surface area contributed by atoms with Crippen LogP contribution in [0.3, 0.4) is 0 Å². The molecule has 1 unspecified atom stereocenters. The van der Waals surface area contributed by atoms with E-state index < -0.39 is 40.2 Å². The molecule has 2 heterocycles. The molecule has 4 rings (SSSR count). The molecule has 2 aromatic rings. The van der Waals surface area contributed by atoms with E-state index in [4.69, 9.17) is 14.2 Å². The first-order valence-electron chi connectivity index (χ1n) is 10.5. The molecule has 2 aliphatic rings. The summed E-state index contributed by atoms with van der Waals surface area (Å²) in [5, 5.41) is 14.5. The summed E-state index contributed by atoms with van der Waals surface area (Å²) in [4.78, 5) is 49.6. The molecule has 3 atom stereocenters. The van der Waals surface area contributed by atoms with Crippen LogP contribution in [0.5, 0.6) is 5.75 Å². The third-order valence-corrected chi connectivity index (χ3v) is 6.51. The Morgan fingerprint density at radius 3 is 2.51 bits per heavy atom. The molecule has 12 heteroatoms. The van der Waals surface area contributed by atoms with Gasteiger partial charge in [-0.3, -0.25) is 19.7 Å². The van der Waals surface area contributed by atoms with Crippen LogP contribution in [0.15, 0.2) is 65.8 Å². The number of amides is 2. The summed E-state index contributed by atoms with van der Waals surface area (Å²) in [7, 11) is 1.38. The highest BCUT2D eigenvalue weighted by Crippen LogP contribution is 2.40. The van der Waals surface area contributed by atoms with Crippen molar-refractivity contribution in [3.63, 3.8) is 0 Å². The van der Waals surface area contributed by atoms with Gasteiger partial charge in [-0.2, -0.15) is 0 Å². The Hall–Kier alpha value is -4.06. The van der Waals surface area contributed by atoms with Gasteiger partial charge in [-0.1, -0.05) is 18.2 Å². The Morgan fingerprint density at radius 1 is 1.14 bits per heavy atom. The highest BCUT2D eigenvalue weighted by Gasteiger charge is 2.56. The lowest BCUT2D eigenvalue weighted by molar-refractivity contribution is -0.384. The van der Waals surface area contributed by atoms with Crippen molar-refractivity contribution in [2.45, 2.75) is 24.1 Å². The third kappa shape index (κ3) is 5.22. The minimum atomic E-state index is -1.11. The lowest BCUT2D eigenvalue weighted by atomic mass is 10.0. The zero-order valence-electron chi connectivity index (χ0n) is 18.5. The molecule has 2 amide bonds. The summed E-state index contributed by atoms with van der Waals surface area (Å²) < 4.78 is 16.1. The first kappa shape index (κ1) is 24.1. The van der Waals surface area contributed by atoms with Crippen LogP contribution >= 0.6 is 11.8 Å². The predicted molar refractivity (Wildman–Crippen MR) is 124 cm³/mol. The summed E-state index contributed by atoms with van der Waals surface area (Å²) in [6.07, 6.45) is 0. The van der Waals surface area contributed by atoms with E-state index in [1.54, 1.807) is 29.7 Å². The zero-order chi connectivity index (χ0) is 24.9. The van der Waals surface area contributed by atoms with Crippen molar-refractivity contribution in [1.82, 2.24) is 10.2 Å². The minimum absolute atomic E-state index is 0.0785. The number of carbonyl (C=O) groups excluding carboxylic acids is 3. The number of nitrogens with zero attached hydrogens (tertiary/aromatic N) is 2. The molecule has 0 aromatic heterocycles. The van der Waals surface area contributed by atoms with Crippen LogP contribution in [0.2, 0.25) is 0 Å². The number of methoxy groups -OCH3 is 1. The maximum atomic E-state index is 12.9. The number of hydrogen-bond acceptors (Lipinski definition) is 9. The Bertz CT molecular complexity index is 1160. The van der Waals surface area contributed by atoms with Gasteiger partial charge in [-0.15, -0.1) is 11.8 Å². The minimum Gasteiger partial charge on any atom is -0.498 e. The molecule has 1 fully saturated rings. The second-order valence-electron chi connectivity index (χ2n) is 7.58. The van der Waals surface area contributed by atoms with Gasteiger partial charge in [0.1, 0.15) is 29.5 Å². The second kappa shape index (κ2) is 10.5. The van der Waals surface area contributed by atoms with Crippen LogP contribution in [0.4, 0.5) is 5.69 Å². The number of rotatable bonds is 9. The molecule has 1 N–H and O–H groups in total. The number of carbonyl (C=O) groups is 3. The number of fused-ring (bicyclic) bond motifs is 1. The summed E-state index contributed by atoms with van der Waals surface area (Å²) in [5.41, 5.74) is 0.470. The number of nitrogens with one attached hydrogen (secondary N) is 1. The first-order chi connectivity index (χ1) is 16.9. The van der Waals surface area contributed by atoms with Crippen LogP contribution in [0.1, 0.15) is 5.56 Å². The van der Waals surface area contributed by atoms with E-state index in [2.05, 4.69) is 5.32 Å². The molecule has 0 radical (unpaired) electrons. The smallest absolute Gasteiger partial charge is 0.337 e. The molecule has 0 aliphatic carbocycles. The lowest BCUT2D eigenvalue weighted by Crippen LogP contribution is -2.74. The van der Waals surface area contributed by atoms with Crippen molar-refractivity contribution in [3.8, 4) is 5.75 Å². The maximum Gasteiger partial charge on any atom is 0.337 e. The molecule has 2 aliphatic heterocycles. The first-order valence-corrected chi connectivity index (χ1v) is 11.4. The Morgan fingerprint density at radius 2 is 1.86 bits per heavy atom. The van der Waals surface area contributed by atoms with E-state index in [0.29, 0.717) is 11.3 Å². The number of esters is 1. The summed E-state index contributed by atoms with van der Waals surface area (Å²) in [6.45, 7) is -0.397. The number of thioether (sulfide) groups is 1. The van der Waals surface area contributed by atoms with E-state index in [9.17, 15) is 24.5 Å². The van der Waals surface area contributed by atoms with Crippen LogP contribution in [-0.2, 0) is 30.5 Å². The van der Waals surface area contributed by atoms with Crippen LogP contribution in [0.25, 0.3) is 0 Å². The molecule has 1 saturated heterocycles. The van der Waals surface area contributed by atoms with Gasteiger partial charge in [-0.05, 0) is 29.8 Å². The fraction of sp³-hybridized carbons (Fsp3) is 0.261. The monoisotopic (exact) mass is 499 g/mol. The fourth-order valence-electron chi connectivity index (χ4n) is 3.59. The number of ether oxygens (including phenoxy) is 3. The average molecular weight is 500 g/mol. The van der Waals surface area contributed by atoms with Gasteiger partial charge in [0.05, 0.1) is 12.0 Å². The van der Waals surface area contributed by atoms with Crippen LogP contribution < -0.4 is 10.1 Å². The number of nitro groups is 1. The molecule has 0 saturated carbocycles. The van der Waals surface area contributed by atoms with E-state index >= 15 is 0 Å². The molecular weight excluding hydrogens is 478 g/mol. The quantitative estimate of drug-likeness (QED) is 0.238. The van der Waals surface area contributed by atoms with E-state index in [1.165, 1.54) is 48.0 Å². The van der Waals surface area contributed by atoms with Gasteiger partial charge in [0, 0.05) is 17.5 Å². The normalized spacial score (nSPS) is 20.6. The number of nitro benzene ring substituents is 1. The predicted octanol–water partition coefficient (Wildman–Crippen LogP) is 1.97. The zero-order valence-corrected chi connectivity index (χ0v) is 19.3. The van der Waals surface area contributed by atoms with Gasteiger partial charge in [0.25, 0.3) is 11.6 Å². The topological polar surface area (TPSA) is 137 Å². The summed E-state index contributed by atoms with van der Waals surface area (Å²) >= 11 is 1.24. The largest absolute Gasteiger partial charge is 0.498 e. The molecular formula is C23H21N3O8S. The van der Waals surface area contributed by atoms with Crippen molar-refractivity contribution in [1.29, 1.82) is 0 Å². The third-order valence-electron chi connectivity index (χ3n) is 5.37. The van der Waals surface area contributed by atoms with Crippen LogP contribution in [0, 0.1) is 10.1 Å². The summed E-state index contributed by atoms with van der Waals surface area (Å²) in [5.74, 6) is -0.862. The lowest BCUT2D eigenvalue weighted by Gasteiger charge is -2.51. The van der Waals surface area contributed by atoms with Crippen molar-refractivity contribution in [2.75, 3.05) is 13.7 Å². The highest BCUT2D eigenvalue weighted by atomic mass is 32.2. The van der Waals surface area contributed by atoms with E-state index in [0.717, 1.165) is 0 Å². The van der Waals surface area contributed by atoms with E-state index in [-0.39, 0.29) is 24.7 Å².